The van der Waals surface area contributed by atoms with Gasteiger partial charge in [-0.05, 0) is 18.8 Å². The Morgan fingerprint density at radius 2 is 2.56 bits per heavy atom. The number of nitrogens with one attached hydrogen (secondary N) is 1. The van der Waals surface area contributed by atoms with Crippen LogP contribution in [0.4, 0.5) is 0 Å². The number of imidazole rings is 1. The quantitative estimate of drug-likeness (QED) is 0.845. The van der Waals surface area contributed by atoms with Crippen molar-refractivity contribution in [2.24, 2.45) is 13.0 Å². The normalized spacial score (nSPS) is 19.7. The SMILES string of the molecule is Cn1ccnc1CCNC(=O)CC1CCCOC1. The summed E-state index contributed by atoms with van der Waals surface area (Å²) in [7, 11) is 1.96. The fraction of sp³-hybridized carbons (Fsp3) is 0.692. The average Bonchev–Trinajstić information content (AvgIpc) is 2.76. The van der Waals surface area contributed by atoms with Gasteiger partial charge >= 0.3 is 0 Å². The van der Waals surface area contributed by atoms with Crippen LogP contribution in [0.2, 0.25) is 0 Å². The van der Waals surface area contributed by atoms with E-state index >= 15 is 0 Å². The van der Waals surface area contributed by atoms with E-state index < -0.39 is 0 Å². The van der Waals surface area contributed by atoms with Gasteiger partial charge in [0.1, 0.15) is 5.82 Å². The van der Waals surface area contributed by atoms with E-state index in [1.807, 2.05) is 17.8 Å². The van der Waals surface area contributed by atoms with E-state index in [0.29, 0.717) is 18.9 Å². The van der Waals surface area contributed by atoms with Gasteiger partial charge in [0.05, 0.1) is 0 Å². The molecule has 0 spiro atoms. The third-order valence-electron chi connectivity index (χ3n) is 3.32. The number of carbonyl (C=O) groups is 1. The van der Waals surface area contributed by atoms with Crippen LogP contribution in [0.15, 0.2) is 12.4 Å². The molecule has 18 heavy (non-hydrogen) atoms. The number of hydrogen-bond donors (Lipinski definition) is 1. The van der Waals surface area contributed by atoms with Crippen molar-refractivity contribution in [1.29, 1.82) is 0 Å². The zero-order valence-electron chi connectivity index (χ0n) is 10.9. The van der Waals surface area contributed by atoms with Crippen LogP contribution in [0.3, 0.4) is 0 Å². The molecule has 1 aromatic heterocycles. The van der Waals surface area contributed by atoms with Gasteiger partial charge in [0.25, 0.3) is 0 Å². The topological polar surface area (TPSA) is 56.2 Å². The Kier molecular flexibility index (Phi) is 4.75. The van der Waals surface area contributed by atoms with E-state index in [0.717, 1.165) is 38.3 Å². The number of hydrogen-bond acceptors (Lipinski definition) is 3. The van der Waals surface area contributed by atoms with Gasteiger partial charge in [0, 0.05) is 52.0 Å². The molecule has 1 aliphatic rings. The van der Waals surface area contributed by atoms with E-state index in [1.54, 1.807) is 6.20 Å². The lowest BCUT2D eigenvalue weighted by molar-refractivity contribution is -0.123. The fourth-order valence-electron chi connectivity index (χ4n) is 2.25. The predicted octanol–water partition coefficient (Wildman–Crippen LogP) is 0.895. The standard InChI is InChI=1S/C13H21N3O2/c1-16-7-6-14-12(16)4-5-15-13(17)9-11-3-2-8-18-10-11/h6-7,11H,2-5,8-10H2,1H3,(H,15,17). The number of amides is 1. The maximum Gasteiger partial charge on any atom is 0.220 e. The van der Waals surface area contributed by atoms with Crippen LogP contribution in [0.25, 0.3) is 0 Å². The van der Waals surface area contributed by atoms with Gasteiger partial charge in [-0.25, -0.2) is 4.98 Å². The Bertz CT molecular complexity index is 383. The Balaban J connectivity index is 1.64. The predicted molar refractivity (Wildman–Crippen MR) is 68.1 cm³/mol. The zero-order chi connectivity index (χ0) is 12.8. The van der Waals surface area contributed by atoms with Gasteiger partial charge in [0.2, 0.25) is 5.91 Å². The first-order chi connectivity index (χ1) is 8.75. The summed E-state index contributed by atoms with van der Waals surface area (Å²) < 4.78 is 7.34. The van der Waals surface area contributed by atoms with Gasteiger partial charge in [0.15, 0.2) is 0 Å². The van der Waals surface area contributed by atoms with Crippen molar-refractivity contribution in [1.82, 2.24) is 14.9 Å². The number of carbonyl (C=O) groups excluding carboxylic acids is 1. The van der Waals surface area contributed by atoms with Crippen molar-refractivity contribution < 1.29 is 9.53 Å². The van der Waals surface area contributed by atoms with E-state index in [1.165, 1.54) is 0 Å². The van der Waals surface area contributed by atoms with Crippen molar-refractivity contribution >= 4 is 5.91 Å². The van der Waals surface area contributed by atoms with Crippen molar-refractivity contribution in [2.45, 2.75) is 25.7 Å². The summed E-state index contributed by atoms with van der Waals surface area (Å²) in [5.41, 5.74) is 0. The summed E-state index contributed by atoms with van der Waals surface area (Å²) >= 11 is 0. The maximum atomic E-state index is 11.7. The van der Waals surface area contributed by atoms with Crippen LogP contribution >= 0.6 is 0 Å². The highest BCUT2D eigenvalue weighted by Crippen LogP contribution is 2.16. The summed E-state index contributed by atoms with van der Waals surface area (Å²) in [5, 5.41) is 2.95. The van der Waals surface area contributed by atoms with E-state index in [9.17, 15) is 4.79 Å². The molecule has 2 heterocycles. The molecule has 1 aliphatic heterocycles. The molecule has 100 valence electrons. The summed E-state index contributed by atoms with van der Waals surface area (Å²) in [5.74, 6) is 1.52. The molecule has 1 aromatic rings. The third-order valence-corrected chi connectivity index (χ3v) is 3.32. The molecular formula is C13H21N3O2. The summed E-state index contributed by atoms with van der Waals surface area (Å²) in [6, 6.07) is 0. The second kappa shape index (κ2) is 6.54. The Morgan fingerprint density at radius 1 is 1.67 bits per heavy atom. The minimum atomic E-state index is 0.125. The molecule has 1 unspecified atom stereocenters. The van der Waals surface area contributed by atoms with Gasteiger partial charge in [-0.15, -0.1) is 0 Å². The highest BCUT2D eigenvalue weighted by atomic mass is 16.5. The van der Waals surface area contributed by atoms with Gasteiger partial charge in [-0.3, -0.25) is 4.79 Å². The van der Waals surface area contributed by atoms with Crippen LogP contribution in [-0.4, -0.2) is 35.2 Å². The van der Waals surface area contributed by atoms with Crippen molar-refractivity contribution in [3.8, 4) is 0 Å². The molecule has 0 aromatic carbocycles. The van der Waals surface area contributed by atoms with Gasteiger partial charge in [-0.1, -0.05) is 0 Å². The van der Waals surface area contributed by atoms with Gasteiger partial charge < -0.3 is 14.6 Å². The first-order valence-corrected chi connectivity index (χ1v) is 6.56. The largest absolute Gasteiger partial charge is 0.381 e. The molecule has 2 rings (SSSR count). The van der Waals surface area contributed by atoms with Crippen LogP contribution in [0, 0.1) is 5.92 Å². The van der Waals surface area contributed by atoms with Crippen LogP contribution in [-0.2, 0) is 23.0 Å². The molecule has 0 radical (unpaired) electrons. The smallest absolute Gasteiger partial charge is 0.220 e. The molecule has 0 aliphatic carbocycles. The Morgan fingerprint density at radius 3 is 3.22 bits per heavy atom. The number of aromatic nitrogens is 2. The lowest BCUT2D eigenvalue weighted by Gasteiger charge is -2.21. The lowest BCUT2D eigenvalue weighted by atomic mass is 9.98. The highest BCUT2D eigenvalue weighted by molar-refractivity contribution is 5.76. The Labute approximate surface area is 108 Å². The van der Waals surface area contributed by atoms with Crippen LogP contribution in [0.1, 0.15) is 25.1 Å². The minimum absolute atomic E-state index is 0.125. The third kappa shape index (κ3) is 3.84. The van der Waals surface area contributed by atoms with Crippen LogP contribution < -0.4 is 5.32 Å². The minimum Gasteiger partial charge on any atom is -0.381 e. The molecule has 1 atom stereocenters. The number of ether oxygens (including phenoxy) is 1. The zero-order valence-corrected chi connectivity index (χ0v) is 10.9. The first-order valence-electron chi connectivity index (χ1n) is 6.56. The van der Waals surface area contributed by atoms with E-state index in [-0.39, 0.29) is 5.91 Å². The molecule has 1 N–H and O–H groups in total. The fourth-order valence-corrected chi connectivity index (χ4v) is 2.25. The lowest BCUT2D eigenvalue weighted by Crippen LogP contribution is -2.30. The van der Waals surface area contributed by atoms with Crippen LogP contribution in [0.5, 0.6) is 0 Å². The summed E-state index contributed by atoms with van der Waals surface area (Å²) in [6.45, 7) is 2.22. The molecule has 0 bridgehead atoms. The summed E-state index contributed by atoms with van der Waals surface area (Å²) in [6.07, 6.45) is 7.22. The maximum absolute atomic E-state index is 11.7. The average molecular weight is 251 g/mol. The molecule has 1 fully saturated rings. The monoisotopic (exact) mass is 251 g/mol. The van der Waals surface area contributed by atoms with Crippen molar-refractivity contribution in [2.75, 3.05) is 19.8 Å². The molecule has 1 amide bonds. The second-order valence-corrected chi connectivity index (χ2v) is 4.84. The van der Waals surface area contributed by atoms with E-state index in [2.05, 4.69) is 10.3 Å². The highest BCUT2D eigenvalue weighted by Gasteiger charge is 2.17. The second-order valence-electron chi connectivity index (χ2n) is 4.84. The Hall–Kier alpha value is -1.36. The van der Waals surface area contributed by atoms with E-state index in [4.69, 9.17) is 4.74 Å². The number of nitrogens with zero attached hydrogens (tertiary/aromatic N) is 2. The molecule has 5 heteroatoms. The first kappa shape index (κ1) is 13.1. The molecule has 5 nitrogen and oxygen atoms in total. The number of aryl methyl sites for hydroxylation is 1. The molecular weight excluding hydrogens is 230 g/mol. The van der Waals surface area contributed by atoms with Gasteiger partial charge in [-0.2, -0.15) is 0 Å². The molecule has 0 saturated carbocycles. The van der Waals surface area contributed by atoms with Crippen molar-refractivity contribution in [3.63, 3.8) is 0 Å². The van der Waals surface area contributed by atoms with Crippen molar-refractivity contribution in [3.05, 3.63) is 18.2 Å². The number of rotatable bonds is 5. The molecule has 1 saturated heterocycles. The summed E-state index contributed by atoms with van der Waals surface area (Å²) in [4.78, 5) is 16.0.